The van der Waals surface area contributed by atoms with Gasteiger partial charge in [-0.3, -0.25) is 4.79 Å². The summed E-state index contributed by atoms with van der Waals surface area (Å²) in [6.07, 6.45) is 9.16. The normalized spacial score (nSPS) is 33.0. The Morgan fingerprint density at radius 2 is 1.77 bits per heavy atom. The molecular formula is C32H40N2O5. The molecule has 0 aromatic heterocycles. The van der Waals surface area contributed by atoms with E-state index in [1.54, 1.807) is 12.0 Å². The third kappa shape index (κ3) is 5.00. The molecule has 7 nitrogen and oxygen atoms in total. The highest BCUT2D eigenvalue weighted by atomic mass is 16.5. The van der Waals surface area contributed by atoms with Gasteiger partial charge < -0.3 is 29.5 Å². The van der Waals surface area contributed by atoms with E-state index in [-0.39, 0.29) is 11.4 Å². The summed E-state index contributed by atoms with van der Waals surface area (Å²) in [4.78, 5) is 15.0. The number of amides is 1. The first kappa shape index (κ1) is 25.2. The fourth-order valence-electron chi connectivity index (χ4n) is 8.26. The molecule has 208 valence electrons. The number of aliphatic hydroxyl groups is 1. The van der Waals surface area contributed by atoms with Crippen LogP contribution in [0.15, 0.2) is 42.5 Å². The van der Waals surface area contributed by atoms with Crippen molar-refractivity contribution in [3.8, 4) is 17.2 Å². The average Bonchev–Trinajstić information content (AvgIpc) is 3.69. The standard InChI is InChI=1S/C32H40N2O5/c1-37-29-15-25(34-12-10-28(30(34)35)39-26-7-4-24(5-8-26)23-2-3-23)6-9-27(29)38-13-11-33-31-16-21-14-22(17-31)19-32(36,18-21)20-31/h4-9,15,21-23,28,33,36H,2-3,10-14,16-20H2,1H3/t21?,22?,28-,31?,32?/m0/s1. The molecule has 0 radical (unpaired) electrons. The lowest BCUT2D eigenvalue weighted by molar-refractivity contribution is -0.142. The van der Waals surface area contributed by atoms with Crippen molar-refractivity contribution in [2.45, 2.75) is 80.9 Å². The smallest absolute Gasteiger partial charge is 0.268 e. The Morgan fingerprint density at radius 3 is 2.46 bits per heavy atom. The van der Waals surface area contributed by atoms with Crippen molar-refractivity contribution in [1.82, 2.24) is 5.32 Å². The summed E-state index contributed by atoms with van der Waals surface area (Å²) in [7, 11) is 1.63. The zero-order valence-corrected chi connectivity index (χ0v) is 22.9. The lowest BCUT2D eigenvalue weighted by atomic mass is 9.51. The van der Waals surface area contributed by atoms with Gasteiger partial charge in [-0.1, -0.05) is 12.1 Å². The Labute approximate surface area is 230 Å². The third-order valence-electron chi connectivity index (χ3n) is 9.71. The van der Waals surface area contributed by atoms with Crippen molar-refractivity contribution >= 4 is 11.6 Å². The van der Waals surface area contributed by atoms with Gasteiger partial charge in [0.25, 0.3) is 5.91 Å². The molecule has 7 heteroatoms. The second-order valence-electron chi connectivity index (χ2n) is 12.8. The number of methoxy groups -OCH3 is 1. The van der Waals surface area contributed by atoms with Gasteiger partial charge in [-0.25, -0.2) is 0 Å². The van der Waals surface area contributed by atoms with Crippen LogP contribution in [0.1, 0.15) is 69.3 Å². The quantitative estimate of drug-likeness (QED) is 0.428. The molecular weight excluding hydrogens is 492 g/mol. The molecule has 39 heavy (non-hydrogen) atoms. The van der Waals surface area contributed by atoms with Crippen LogP contribution in [0.25, 0.3) is 0 Å². The summed E-state index contributed by atoms with van der Waals surface area (Å²) in [5, 5.41) is 14.8. The monoisotopic (exact) mass is 532 g/mol. The van der Waals surface area contributed by atoms with Crippen LogP contribution in [0.3, 0.4) is 0 Å². The predicted octanol–water partition coefficient (Wildman–Crippen LogP) is 4.81. The van der Waals surface area contributed by atoms with Gasteiger partial charge in [-0.15, -0.1) is 0 Å². The van der Waals surface area contributed by atoms with E-state index in [1.165, 1.54) is 37.7 Å². The van der Waals surface area contributed by atoms with E-state index in [0.717, 1.165) is 37.2 Å². The van der Waals surface area contributed by atoms with Gasteiger partial charge in [0.2, 0.25) is 0 Å². The van der Waals surface area contributed by atoms with Gasteiger partial charge in [0.15, 0.2) is 17.6 Å². The SMILES string of the molecule is COc1cc(N2CC[C@H](Oc3ccc(C4CC4)cc3)C2=O)ccc1OCCNC12CC3CC(CC(O)(C3)C1)C2. The minimum absolute atomic E-state index is 0.0292. The minimum atomic E-state index is -0.479. The van der Waals surface area contributed by atoms with Crippen molar-refractivity contribution < 1.29 is 24.1 Å². The van der Waals surface area contributed by atoms with Crippen molar-refractivity contribution in [2.75, 3.05) is 31.7 Å². The van der Waals surface area contributed by atoms with Crippen molar-refractivity contribution in [2.24, 2.45) is 11.8 Å². The van der Waals surface area contributed by atoms with E-state index in [0.29, 0.717) is 48.8 Å². The maximum atomic E-state index is 13.2. The number of carbonyl (C=O) groups is 1. The number of hydrogen-bond donors (Lipinski definition) is 2. The van der Waals surface area contributed by atoms with E-state index >= 15 is 0 Å². The number of hydrogen-bond acceptors (Lipinski definition) is 6. The molecule has 8 rings (SSSR count). The molecule has 4 bridgehead atoms. The van der Waals surface area contributed by atoms with Crippen LogP contribution in [-0.4, -0.2) is 55.1 Å². The minimum Gasteiger partial charge on any atom is -0.493 e. The number of carbonyl (C=O) groups excluding carboxylic acids is 1. The van der Waals surface area contributed by atoms with Crippen LogP contribution >= 0.6 is 0 Å². The fraction of sp³-hybridized carbons (Fsp3) is 0.594. The summed E-state index contributed by atoms with van der Waals surface area (Å²) < 4.78 is 17.8. The van der Waals surface area contributed by atoms with Crippen LogP contribution < -0.4 is 24.4 Å². The van der Waals surface area contributed by atoms with Crippen molar-refractivity contribution in [1.29, 1.82) is 0 Å². The molecule has 1 saturated heterocycles. The van der Waals surface area contributed by atoms with Gasteiger partial charge in [-0.2, -0.15) is 0 Å². The highest BCUT2D eigenvalue weighted by molar-refractivity contribution is 5.99. The maximum Gasteiger partial charge on any atom is 0.268 e. The predicted molar refractivity (Wildman–Crippen MR) is 149 cm³/mol. The van der Waals surface area contributed by atoms with Crippen molar-refractivity contribution in [3.63, 3.8) is 0 Å². The zero-order valence-electron chi connectivity index (χ0n) is 22.9. The van der Waals surface area contributed by atoms with Crippen LogP contribution in [0, 0.1) is 11.8 Å². The molecule has 2 aromatic rings. The average molecular weight is 533 g/mol. The largest absolute Gasteiger partial charge is 0.493 e. The Balaban J connectivity index is 0.940. The topological polar surface area (TPSA) is 80.3 Å². The molecule has 1 amide bonds. The number of ether oxygens (including phenoxy) is 3. The van der Waals surface area contributed by atoms with E-state index < -0.39 is 11.7 Å². The molecule has 5 saturated carbocycles. The Bertz CT molecular complexity index is 1210. The number of nitrogens with one attached hydrogen (secondary N) is 1. The second kappa shape index (κ2) is 9.70. The molecule has 0 spiro atoms. The third-order valence-corrected chi connectivity index (χ3v) is 9.71. The van der Waals surface area contributed by atoms with E-state index in [9.17, 15) is 9.90 Å². The summed E-state index contributed by atoms with van der Waals surface area (Å²) in [5.41, 5.74) is 1.75. The lowest BCUT2D eigenvalue weighted by Gasteiger charge is -2.60. The molecule has 6 fully saturated rings. The highest BCUT2D eigenvalue weighted by Gasteiger charge is 2.56. The van der Waals surface area contributed by atoms with Crippen LogP contribution in [0.5, 0.6) is 17.2 Å². The van der Waals surface area contributed by atoms with E-state index in [4.69, 9.17) is 14.2 Å². The molecule has 2 N–H and O–H groups in total. The lowest BCUT2D eigenvalue weighted by Crippen LogP contribution is -2.64. The Morgan fingerprint density at radius 1 is 1.00 bits per heavy atom. The van der Waals surface area contributed by atoms with Gasteiger partial charge in [0.05, 0.1) is 12.7 Å². The molecule has 2 aromatic carbocycles. The van der Waals surface area contributed by atoms with E-state index in [2.05, 4.69) is 17.4 Å². The number of benzene rings is 2. The van der Waals surface area contributed by atoms with Crippen LogP contribution in [0.2, 0.25) is 0 Å². The number of anilines is 1. The molecule has 2 unspecified atom stereocenters. The molecule has 5 aliphatic carbocycles. The molecule has 1 heterocycles. The summed E-state index contributed by atoms with van der Waals surface area (Å²) >= 11 is 0. The zero-order chi connectivity index (χ0) is 26.6. The molecule has 6 aliphatic rings. The molecule has 3 atom stereocenters. The Hall–Kier alpha value is -2.77. The number of nitrogens with zero attached hydrogens (tertiary/aromatic N) is 1. The number of rotatable bonds is 10. The van der Waals surface area contributed by atoms with Gasteiger partial charge >= 0.3 is 0 Å². The first-order valence-electron chi connectivity index (χ1n) is 14.8. The maximum absolute atomic E-state index is 13.2. The summed E-state index contributed by atoms with van der Waals surface area (Å²) in [6, 6.07) is 13.9. The van der Waals surface area contributed by atoms with Crippen LogP contribution in [0.4, 0.5) is 5.69 Å². The Kier molecular flexibility index (Phi) is 6.27. The van der Waals surface area contributed by atoms with Gasteiger partial charge in [0.1, 0.15) is 12.4 Å². The van der Waals surface area contributed by atoms with Crippen molar-refractivity contribution in [3.05, 3.63) is 48.0 Å². The fourth-order valence-corrected chi connectivity index (χ4v) is 8.26. The summed E-state index contributed by atoms with van der Waals surface area (Å²) in [5.74, 6) is 4.02. The molecule has 1 aliphatic heterocycles. The summed E-state index contributed by atoms with van der Waals surface area (Å²) in [6.45, 7) is 1.85. The highest BCUT2D eigenvalue weighted by Crippen LogP contribution is 2.57. The second-order valence-corrected chi connectivity index (χ2v) is 12.8. The van der Waals surface area contributed by atoms with Gasteiger partial charge in [0, 0.05) is 36.8 Å². The van der Waals surface area contributed by atoms with Gasteiger partial charge in [-0.05, 0) is 98.9 Å². The first-order valence-corrected chi connectivity index (χ1v) is 14.8. The van der Waals surface area contributed by atoms with E-state index in [1.807, 2.05) is 30.3 Å². The first-order chi connectivity index (χ1) is 18.9. The van der Waals surface area contributed by atoms with Crippen LogP contribution in [-0.2, 0) is 4.79 Å².